The number of hydrogen-bond acceptors (Lipinski definition) is 2. The summed E-state index contributed by atoms with van der Waals surface area (Å²) < 4.78 is 0. The molecule has 1 aliphatic heterocycles. The Balaban J connectivity index is 2.20. The summed E-state index contributed by atoms with van der Waals surface area (Å²) in [6.45, 7) is 8.97. The number of nitrogens with zero attached hydrogens (tertiary/aromatic N) is 1. The van der Waals surface area contributed by atoms with Crippen molar-refractivity contribution in [2.24, 2.45) is 10.8 Å². The molecule has 2 fully saturated rings. The van der Waals surface area contributed by atoms with Gasteiger partial charge in [-0.15, -0.1) is 0 Å². The van der Waals surface area contributed by atoms with Gasteiger partial charge in [0.15, 0.2) is 5.78 Å². The zero-order chi connectivity index (χ0) is 10.7. The summed E-state index contributed by atoms with van der Waals surface area (Å²) in [6.07, 6.45) is 0.114. The van der Waals surface area contributed by atoms with Gasteiger partial charge in [0, 0.05) is 6.04 Å². The smallest absolute Gasteiger partial charge is 0.230 e. The van der Waals surface area contributed by atoms with Crippen LogP contribution in [-0.4, -0.2) is 29.2 Å². The Kier molecular flexibility index (Phi) is 1.65. The lowest BCUT2D eigenvalue weighted by Crippen LogP contribution is -2.31. The van der Waals surface area contributed by atoms with E-state index in [1.165, 1.54) is 0 Å². The molecular formula is C11H17NO2. The molecular weight excluding hydrogens is 178 g/mol. The number of carbonyl (C=O) groups is 2. The molecule has 14 heavy (non-hydrogen) atoms. The summed E-state index contributed by atoms with van der Waals surface area (Å²) in [6, 6.07) is 0.244. The fourth-order valence-electron chi connectivity index (χ4n) is 2.78. The highest BCUT2D eigenvalue weighted by Gasteiger charge is 2.68. The summed E-state index contributed by atoms with van der Waals surface area (Å²) in [7, 11) is 0. The number of carbonyl (C=O) groups excluding carboxylic acids is 2. The van der Waals surface area contributed by atoms with Crippen molar-refractivity contribution in [3.63, 3.8) is 0 Å². The second kappa shape index (κ2) is 2.38. The third-order valence-electron chi connectivity index (χ3n) is 4.27. The molecule has 0 unspecified atom stereocenters. The minimum Gasteiger partial charge on any atom is -0.331 e. The van der Waals surface area contributed by atoms with Crippen LogP contribution in [0.25, 0.3) is 0 Å². The van der Waals surface area contributed by atoms with Crippen LogP contribution in [0.1, 0.15) is 34.1 Å². The first-order valence-electron chi connectivity index (χ1n) is 5.09. The topological polar surface area (TPSA) is 37.4 Å². The third-order valence-corrected chi connectivity index (χ3v) is 4.27. The Hall–Kier alpha value is -0.860. The summed E-state index contributed by atoms with van der Waals surface area (Å²) in [5, 5.41) is 0. The van der Waals surface area contributed by atoms with E-state index in [-0.39, 0.29) is 35.0 Å². The first-order valence-corrected chi connectivity index (χ1v) is 5.09. The molecule has 0 bridgehead atoms. The van der Waals surface area contributed by atoms with Gasteiger partial charge in [-0.05, 0) is 10.8 Å². The zero-order valence-electron chi connectivity index (χ0n) is 9.26. The molecule has 0 spiro atoms. The van der Waals surface area contributed by atoms with E-state index in [2.05, 4.69) is 27.7 Å². The van der Waals surface area contributed by atoms with Crippen molar-refractivity contribution in [2.75, 3.05) is 6.54 Å². The number of hydrogen-bond donors (Lipinski definition) is 0. The minimum absolute atomic E-state index is 0.0126. The Labute approximate surface area is 84.5 Å². The first-order chi connectivity index (χ1) is 6.28. The first kappa shape index (κ1) is 9.69. The molecule has 0 atom stereocenters. The maximum atomic E-state index is 11.5. The highest BCUT2D eigenvalue weighted by molar-refractivity contribution is 6.05. The Bertz CT molecular complexity index is 303. The molecule has 0 radical (unpaired) electrons. The van der Waals surface area contributed by atoms with E-state index >= 15 is 0 Å². The lowest BCUT2D eigenvalue weighted by atomic mass is 10.0. The maximum Gasteiger partial charge on any atom is 0.230 e. The number of Topliss-reactive ketones (excluding diaryl/α,β-unsaturated/α-hetero) is 1. The van der Waals surface area contributed by atoms with Crippen LogP contribution in [0, 0.1) is 10.8 Å². The van der Waals surface area contributed by atoms with Crippen molar-refractivity contribution in [1.82, 2.24) is 4.90 Å². The summed E-state index contributed by atoms with van der Waals surface area (Å²) in [5.41, 5.74) is 0.292. The number of ketones is 1. The van der Waals surface area contributed by atoms with E-state index in [0.717, 1.165) is 0 Å². The molecule has 1 amide bonds. The number of amides is 1. The molecule has 3 nitrogen and oxygen atoms in total. The van der Waals surface area contributed by atoms with Gasteiger partial charge >= 0.3 is 0 Å². The van der Waals surface area contributed by atoms with Crippen molar-refractivity contribution in [1.29, 1.82) is 0 Å². The van der Waals surface area contributed by atoms with Gasteiger partial charge in [-0.25, -0.2) is 0 Å². The average Bonchev–Trinajstić information content (AvgIpc) is 2.32. The monoisotopic (exact) mass is 195 g/mol. The summed E-state index contributed by atoms with van der Waals surface area (Å²) in [5.74, 6) is 0.0761. The Morgan fingerprint density at radius 3 is 1.93 bits per heavy atom. The van der Waals surface area contributed by atoms with E-state index < -0.39 is 0 Å². The lowest BCUT2D eigenvalue weighted by molar-refractivity contribution is -0.129. The molecule has 0 aromatic heterocycles. The highest BCUT2D eigenvalue weighted by Crippen LogP contribution is 2.65. The summed E-state index contributed by atoms with van der Waals surface area (Å²) >= 11 is 0. The fraction of sp³-hybridized carbons (Fsp3) is 0.818. The molecule has 1 heterocycles. The predicted octanol–water partition coefficient (Wildman–Crippen LogP) is 1.22. The van der Waals surface area contributed by atoms with E-state index in [1.54, 1.807) is 4.90 Å². The van der Waals surface area contributed by atoms with Crippen LogP contribution < -0.4 is 0 Å². The normalized spacial score (nSPS) is 29.9. The van der Waals surface area contributed by atoms with Crippen LogP contribution in [0.5, 0.6) is 0 Å². The van der Waals surface area contributed by atoms with Gasteiger partial charge in [-0.3, -0.25) is 9.59 Å². The largest absolute Gasteiger partial charge is 0.331 e. The SMILES string of the molecule is CC1(C)C(N2CC(=O)CC2=O)C1(C)C. The molecule has 0 aromatic carbocycles. The molecule has 2 rings (SSSR count). The second-order valence-electron chi connectivity index (χ2n) is 5.58. The predicted molar refractivity (Wildman–Crippen MR) is 52.7 cm³/mol. The lowest BCUT2D eigenvalue weighted by Gasteiger charge is -2.17. The molecule has 3 heteroatoms. The molecule has 0 aromatic rings. The van der Waals surface area contributed by atoms with Gasteiger partial charge in [-0.2, -0.15) is 0 Å². The van der Waals surface area contributed by atoms with Crippen molar-refractivity contribution in [3.05, 3.63) is 0 Å². The third kappa shape index (κ3) is 0.983. The van der Waals surface area contributed by atoms with Gasteiger partial charge < -0.3 is 4.90 Å². The van der Waals surface area contributed by atoms with Crippen LogP contribution in [0.2, 0.25) is 0 Å². The standard InChI is InChI=1S/C11H17NO2/c1-10(2)9(11(10,3)4)12-6-7(13)5-8(12)14/h9H,5-6H2,1-4H3. The number of rotatable bonds is 1. The highest BCUT2D eigenvalue weighted by atomic mass is 16.2. The molecule has 78 valence electrons. The zero-order valence-corrected chi connectivity index (χ0v) is 9.26. The number of likely N-dealkylation sites (tertiary alicyclic amines) is 1. The van der Waals surface area contributed by atoms with Crippen molar-refractivity contribution >= 4 is 11.7 Å². The quantitative estimate of drug-likeness (QED) is 0.590. The average molecular weight is 195 g/mol. The van der Waals surface area contributed by atoms with E-state index in [0.29, 0.717) is 6.54 Å². The van der Waals surface area contributed by atoms with Gasteiger partial charge in [0.2, 0.25) is 5.91 Å². The van der Waals surface area contributed by atoms with Crippen LogP contribution >= 0.6 is 0 Å². The second-order valence-corrected chi connectivity index (χ2v) is 5.58. The molecule has 2 aliphatic rings. The van der Waals surface area contributed by atoms with Crippen LogP contribution in [0.15, 0.2) is 0 Å². The maximum absolute atomic E-state index is 11.5. The minimum atomic E-state index is 0.0126. The van der Waals surface area contributed by atoms with Crippen molar-refractivity contribution in [2.45, 2.75) is 40.2 Å². The Morgan fingerprint density at radius 1 is 1.14 bits per heavy atom. The van der Waals surface area contributed by atoms with E-state index in [1.807, 2.05) is 0 Å². The van der Waals surface area contributed by atoms with Crippen LogP contribution in [0.3, 0.4) is 0 Å². The van der Waals surface area contributed by atoms with Crippen molar-refractivity contribution < 1.29 is 9.59 Å². The van der Waals surface area contributed by atoms with Gasteiger partial charge in [0.1, 0.15) is 0 Å². The molecule has 1 saturated heterocycles. The van der Waals surface area contributed by atoms with E-state index in [4.69, 9.17) is 0 Å². The van der Waals surface area contributed by atoms with E-state index in [9.17, 15) is 9.59 Å². The molecule has 0 N–H and O–H groups in total. The molecule has 1 aliphatic carbocycles. The fourth-order valence-corrected chi connectivity index (χ4v) is 2.78. The van der Waals surface area contributed by atoms with Crippen molar-refractivity contribution in [3.8, 4) is 0 Å². The van der Waals surface area contributed by atoms with Gasteiger partial charge in [0.25, 0.3) is 0 Å². The van der Waals surface area contributed by atoms with Gasteiger partial charge in [-0.1, -0.05) is 27.7 Å². The van der Waals surface area contributed by atoms with Crippen LogP contribution in [-0.2, 0) is 9.59 Å². The van der Waals surface area contributed by atoms with Gasteiger partial charge in [0.05, 0.1) is 13.0 Å². The Morgan fingerprint density at radius 2 is 1.64 bits per heavy atom. The van der Waals surface area contributed by atoms with Crippen LogP contribution in [0.4, 0.5) is 0 Å². The summed E-state index contributed by atoms with van der Waals surface area (Å²) in [4.78, 5) is 24.5. The molecule has 1 saturated carbocycles.